The van der Waals surface area contributed by atoms with E-state index in [9.17, 15) is 13.2 Å². The number of carbonyl (C=O) groups excluding carboxylic acids is 1. The van der Waals surface area contributed by atoms with Crippen LogP contribution in [0.15, 0.2) is 53.4 Å². The molecule has 3 rings (SSSR count). The molecule has 0 bridgehead atoms. The number of carbonyl (C=O) groups is 1. The van der Waals surface area contributed by atoms with E-state index in [0.29, 0.717) is 23.7 Å². The van der Waals surface area contributed by atoms with Crippen LogP contribution in [0.2, 0.25) is 5.02 Å². The minimum atomic E-state index is -3.73. The predicted molar refractivity (Wildman–Crippen MR) is 103 cm³/mol. The lowest BCUT2D eigenvalue weighted by Crippen LogP contribution is -2.49. The van der Waals surface area contributed by atoms with E-state index in [1.807, 2.05) is 13.0 Å². The Morgan fingerprint density at radius 3 is 2.58 bits per heavy atom. The SMILES string of the molecule is Cc1ccc(NC(=O)C2CCCCN2S(=O)(=O)c2ccccc2)c(Cl)c1. The van der Waals surface area contributed by atoms with Crippen molar-refractivity contribution in [3.05, 3.63) is 59.1 Å². The third-order valence-corrected chi connectivity index (χ3v) is 6.72. The van der Waals surface area contributed by atoms with Gasteiger partial charge in [0.1, 0.15) is 6.04 Å². The fraction of sp³-hybridized carbons (Fsp3) is 0.316. The van der Waals surface area contributed by atoms with Gasteiger partial charge in [0, 0.05) is 6.54 Å². The van der Waals surface area contributed by atoms with Crippen molar-refractivity contribution in [1.29, 1.82) is 0 Å². The van der Waals surface area contributed by atoms with Crippen LogP contribution in [0, 0.1) is 6.92 Å². The molecule has 2 aromatic rings. The number of piperidine rings is 1. The molecule has 1 saturated heterocycles. The minimum Gasteiger partial charge on any atom is -0.323 e. The van der Waals surface area contributed by atoms with Gasteiger partial charge in [0.2, 0.25) is 15.9 Å². The fourth-order valence-corrected chi connectivity index (χ4v) is 5.08. The third kappa shape index (κ3) is 3.92. The second kappa shape index (κ2) is 7.78. The quantitative estimate of drug-likeness (QED) is 0.859. The Hall–Kier alpha value is -1.89. The maximum Gasteiger partial charge on any atom is 0.243 e. The van der Waals surface area contributed by atoms with Crippen LogP contribution in [0.25, 0.3) is 0 Å². The molecule has 0 saturated carbocycles. The fourth-order valence-electron chi connectivity index (χ4n) is 3.12. The standard InChI is InChI=1S/C19H21ClN2O3S/c1-14-10-11-17(16(20)13-14)21-19(23)18-9-5-6-12-22(18)26(24,25)15-7-3-2-4-8-15/h2-4,7-8,10-11,13,18H,5-6,9,12H2,1H3,(H,21,23). The summed E-state index contributed by atoms with van der Waals surface area (Å²) in [4.78, 5) is 13.0. The maximum atomic E-state index is 13.0. The summed E-state index contributed by atoms with van der Waals surface area (Å²) in [5.41, 5.74) is 1.48. The van der Waals surface area contributed by atoms with E-state index in [0.717, 1.165) is 18.4 Å². The van der Waals surface area contributed by atoms with Crippen molar-refractivity contribution in [1.82, 2.24) is 4.31 Å². The van der Waals surface area contributed by atoms with Crippen molar-refractivity contribution in [2.45, 2.75) is 37.1 Å². The molecular weight excluding hydrogens is 372 g/mol. The number of sulfonamides is 1. The van der Waals surface area contributed by atoms with E-state index in [1.165, 1.54) is 4.31 Å². The van der Waals surface area contributed by atoms with Gasteiger partial charge in [-0.2, -0.15) is 4.31 Å². The zero-order valence-corrected chi connectivity index (χ0v) is 16.1. The monoisotopic (exact) mass is 392 g/mol. The van der Waals surface area contributed by atoms with Gasteiger partial charge in [0.05, 0.1) is 15.6 Å². The first-order valence-electron chi connectivity index (χ1n) is 8.53. The summed E-state index contributed by atoms with van der Waals surface area (Å²) in [7, 11) is -3.73. The van der Waals surface area contributed by atoms with E-state index in [-0.39, 0.29) is 10.8 Å². The first-order valence-corrected chi connectivity index (χ1v) is 10.4. The first-order chi connectivity index (χ1) is 12.4. The second-order valence-electron chi connectivity index (χ2n) is 6.41. The minimum absolute atomic E-state index is 0.202. The summed E-state index contributed by atoms with van der Waals surface area (Å²) < 4.78 is 27.3. The van der Waals surface area contributed by atoms with Crippen LogP contribution < -0.4 is 5.32 Å². The highest BCUT2D eigenvalue weighted by atomic mass is 35.5. The van der Waals surface area contributed by atoms with Gasteiger partial charge in [-0.25, -0.2) is 8.42 Å². The second-order valence-corrected chi connectivity index (χ2v) is 8.71. The summed E-state index contributed by atoms with van der Waals surface area (Å²) in [5, 5.41) is 3.22. The normalized spacial score (nSPS) is 18.5. The molecule has 0 aliphatic carbocycles. The van der Waals surface area contributed by atoms with E-state index in [4.69, 9.17) is 11.6 Å². The number of benzene rings is 2. The van der Waals surface area contributed by atoms with Gasteiger partial charge in [-0.05, 0) is 49.6 Å². The van der Waals surface area contributed by atoms with E-state index in [2.05, 4.69) is 5.32 Å². The summed E-state index contributed by atoms with van der Waals surface area (Å²) in [5.74, 6) is -0.352. The van der Waals surface area contributed by atoms with Crippen molar-refractivity contribution < 1.29 is 13.2 Å². The predicted octanol–water partition coefficient (Wildman–Crippen LogP) is 3.83. The Kier molecular flexibility index (Phi) is 5.65. The number of aryl methyl sites for hydroxylation is 1. The number of hydrogen-bond donors (Lipinski definition) is 1. The molecule has 0 aromatic heterocycles. The Balaban J connectivity index is 1.86. The smallest absolute Gasteiger partial charge is 0.243 e. The number of hydrogen-bond acceptors (Lipinski definition) is 3. The van der Waals surface area contributed by atoms with Gasteiger partial charge in [-0.15, -0.1) is 0 Å². The van der Waals surface area contributed by atoms with Crippen molar-refractivity contribution in [2.24, 2.45) is 0 Å². The summed E-state index contributed by atoms with van der Waals surface area (Å²) >= 11 is 6.19. The first kappa shape index (κ1) is 18.9. The highest BCUT2D eigenvalue weighted by Crippen LogP contribution is 2.28. The maximum absolute atomic E-state index is 13.0. The van der Waals surface area contributed by atoms with Gasteiger partial charge in [0.15, 0.2) is 0 Å². The molecular formula is C19H21ClN2O3S. The third-order valence-electron chi connectivity index (χ3n) is 4.49. The molecule has 138 valence electrons. The van der Waals surface area contributed by atoms with E-state index >= 15 is 0 Å². The van der Waals surface area contributed by atoms with Gasteiger partial charge in [-0.3, -0.25) is 4.79 Å². The average Bonchev–Trinajstić information content (AvgIpc) is 2.64. The van der Waals surface area contributed by atoms with Crippen molar-refractivity contribution in [3.63, 3.8) is 0 Å². The van der Waals surface area contributed by atoms with Crippen LogP contribution in [0.1, 0.15) is 24.8 Å². The van der Waals surface area contributed by atoms with Gasteiger partial charge in [0.25, 0.3) is 0 Å². The highest BCUT2D eigenvalue weighted by Gasteiger charge is 2.37. The number of halogens is 1. The van der Waals surface area contributed by atoms with Gasteiger partial charge in [-0.1, -0.05) is 42.3 Å². The Morgan fingerprint density at radius 1 is 1.15 bits per heavy atom. The lowest BCUT2D eigenvalue weighted by Gasteiger charge is -2.33. The zero-order valence-electron chi connectivity index (χ0n) is 14.5. The Morgan fingerprint density at radius 2 is 1.88 bits per heavy atom. The molecule has 1 aliphatic heterocycles. The molecule has 2 aromatic carbocycles. The molecule has 1 amide bonds. The summed E-state index contributed by atoms with van der Waals surface area (Å²) in [6, 6.07) is 12.8. The summed E-state index contributed by atoms with van der Waals surface area (Å²) in [6.07, 6.45) is 2.03. The van der Waals surface area contributed by atoms with Crippen LogP contribution in [0.3, 0.4) is 0 Å². The molecule has 7 heteroatoms. The average molecular weight is 393 g/mol. The lowest BCUT2D eigenvalue weighted by atomic mass is 10.0. The molecule has 26 heavy (non-hydrogen) atoms. The van der Waals surface area contributed by atoms with Crippen molar-refractivity contribution >= 4 is 33.2 Å². The lowest BCUT2D eigenvalue weighted by molar-refractivity contribution is -0.120. The molecule has 1 unspecified atom stereocenters. The molecule has 0 radical (unpaired) electrons. The van der Waals surface area contributed by atoms with Gasteiger partial charge >= 0.3 is 0 Å². The van der Waals surface area contributed by atoms with Crippen molar-refractivity contribution in [2.75, 3.05) is 11.9 Å². The molecule has 1 heterocycles. The number of anilines is 1. The number of nitrogens with zero attached hydrogens (tertiary/aromatic N) is 1. The summed E-state index contributed by atoms with van der Waals surface area (Å²) in [6.45, 7) is 2.24. The van der Waals surface area contributed by atoms with Crippen LogP contribution in [-0.2, 0) is 14.8 Å². The van der Waals surface area contributed by atoms with Crippen LogP contribution in [-0.4, -0.2) is 31.2 Å². The highest BCUT2D eigenvalue weighted by molar-refractivity contribution is 7.89. The van der Waals surface area contributed by atoms with Crippen LogP contribution >= 0.6 is 11.6 Å². The number of amides is 1. The topological polar surface area (TPSA) is 66.5 Å². The largest absolute Gasteiger partial charge is 0.323 e. The molecule has 1 fully saturated rings. The molecule has 1 N–H and O–H groups in total. The molecule has 1 atom stereocenters. The molecule has 5 nitrogen and oxygen atoms in total. The number of nitrogens with one attached hydrogen (secondary N) is 1. The Labute approximate surface area is 159 Å². The van der Waals surface area contributed by atoms with Crippen LogP contribution in [0.4, 0.5) is 5.69 Å². The Bertz CT molecular complexity index is 900. The van der Waals surface area contributed by atoms with Gasteiger partial charge < -0.3 is 5.32 Å². The molecule has 1 aliphatic rings. The van der Waals surface area contributed by atoms with E-state index < -0.39 is 16.1 Å². The van der Waals surface area contributed by atoms with E-state index in [1.54, 1.807) is 42.5 Å². The van der Waals surface area contributed by atoms with Crippen LogP contribution in [0.5, 0.6) is 0 Å². The zero-order chi connectivity index (χ0) is 18.7. The molecule has 0 spiro atoms. The van der Waals surface area contributed by atoms with Crippen molar-refractivity contribution in [3.8, 4) is 0 Å². The number of rotatable bonds is 4.